The molecule has 0 bridgehead atoms. The fourth-order valence-corrected chi connectivity index (χ4v) is 3.21. The van der Waals surface area contributed by atoms with Crippen molar-refractivity contribution in [2.75, 3.05) is 0 Å². The maximum absolute atomic E-state index is 4.45. The van der Waals surface area contributed by atoms with Gasteiger partial charge >= 0.3 is 0 Å². The average molecular weight is 254 g/mol. The van der Waals surface area contributed by atoms with Crippen LogP contribution in [0.4, 0.5) is 0 Å². The van der Waals surface area contributed by atoms with Crippen LogP contribution >= 0.6 is 0 Å². The molecule has 2 aromatic rings. The molecule has 0 N–H and O–H groups in total. The minimum atomic E-state index is 0.813. The maximum atomic E-state index is 4.45. The molecule has 0 unspecified atom stereocenters. The third kappa shape index (κ3) is 2.89. The number of imidazole rings is 1. The van der Waals surface area contributed by atoms with Gasteiger partial charge in [0.05, 0.1) is 0 Å². The highest BCUT2D eigenvalue weighted by Crippen LogP contribution is 2.26. The van der Waals surface area contributed by atoms with Crippen LogP contribution < -0.4 is 0 Å². The van der Waals surface area contributed by atoms with Crippen molar-refractivity contribution in [2.24, 2.45) is 5.92 Å². The highest BCUT2D eigenvalue weighted by atomic mass is 15.0. The molecule has 1 saturated carbocycles. The van der Waals surface area contributed by atoms with Crippen LogP contribution in [0.5, 0.6) is 0 Å². The summed E-state index contributed by atoms with van der Waals surface area (Å²) in [5.41, 5.74) is 3.92. The molecule has 1 aliphatic carbocycles. The third-order valence-electron chi connectivity index (χ3n) is 4.14. The fraction of sp³-hybridized carbons (Fsp3) is 0.471. The van der Waals surface area contributed by atoms with Crippen molar-refractivity contribution < 1.29 is 0 Å². The summed E-state index contributed by atoms with van der Waals surface area (Å²) in [7, 11) is 0. The molecule has 0 amide bonds. The van der Waals surface area contributed by atoms with Gasteiger partial charge in [0.15, 0.2) is 0 Å². The average Bonchev–Trinajstić information content (AvgIpc) is 2.89. The number of allylic oxidation sites excluding steroid dienone is 2. The van der Waals surface area contributed by atoms with E-state index in [1.807, 2.05) is 12.4 Å². The molecule has 2 heterocycles. The number of hydrogen-bond acceptors (Lipinski definition) is 1. The lowest BCUT2D eigenvalue weighted by molar-refractivity contribution is 0.417. The fourth-order valence-electron chi connectivity index (χ4n) is 3.21. The van der Waals surface area contributed by atoms with Gasteiger partial charge in [-0.25, -0.2) is 4.98 Å². The van der Waals surface area contributed by atoms with Crippen LogP contribution in [-0.2, 0) is 6.42 Å². The van der Waals surface area contributed by atoms with E-state index in [1.165, 1.54) is 43.2 Å². The van der Waals surface area contributed by atoms with E-state index < -0.39 is 0 Å². The van der Waals surface area contributed by atoms with Gasteiger partial charge in [-0.2, -0.15) is 0 Å². The van der Waals surface area contributed by atoms with E-state index in [4.69, 9.17) is 0 Å². The quantitative estimate of drug-likeness (QED) is 0.742. The van der Waals surface area contributed by atoms with Gasteiger partial charge in [-0.1, -0.05) is 37.0 Å². The summed E-state index contributed by atoms with van der Waals surface area (Å²) in [5.74, 6) is 0.813. The van der Waals surface area contributed by atoms with Gasteiger partial charge < -0.3 is 4.40 Å². The maximum Gasteiger partial charge on any atom is 0.140 e. The Hall–Kier alpha value is -1.57. The van der Waals surface area contributed by atoms with Crippen LogP contribution in [-0.4, -0.2) is 9.38 Å². The summed E-state index contributed by atoms with van der Waals surface area (Å²) in [6, 6.07) is 4.30. The second kappa shape index (κ2) is 5.60. The summed E-state index contributed by atoms with van der Waals surface area (Å²) in [6.07, 6.45) is 16.5. The lowest BCUT2D eigenvalue weighted by atomic mass is 9.87. The monoisotopic (exact) mass is 254 g/mol. The first-order valence-electron chi connectivity index (χ1n) is 7.41. The van der Waals surface area contributed by atoms with Gasteiger partial charge in [0.2, 0.25) is 0 Å². The van der Waals surface area contributed by atoms with Crippen molar-refractivity contribution in [3.05, 3.63) is 47.9 Å². The van der Waals surface area contributed by atoms with Crippen LogP contribution in [0, 0.1) is 5.92 Å². The zero-order valence-corrected chi connectivity index (χ0v) is 11.7. The standard InChI is InChI=1S/C17H22N2/c1-14(12-15-6-3-2-4-7-15)13-16-8-5-10-19-11-9-18-17(16)19/h5,8-12,15H,2-4,6-7,13H2,1H3/b14-12+. The SMILES string of the molecule is C/C(=C\C1CCCCC1)Cc1cccn2ccnc12. The first-order chi connectivity index (χ1) is 9.33. The van der Waals surface area contributed by atoms with Gasteiger partial charge in [0.1, 0.15) is 5.65 Å². The van der Waals surface area contributed by atoms with Crippen LogP contribution in [0.25, 0.3) is 5.65 Å². The molecular weight excluding hydrogens is 232 g/mol. The van der Waals surface area contributed by atoms with Gasteiger partial charge in [0, 0.05) is 18.6 Å². The Kier molecular flexibility index (Phi) is 3.67. The van der Waals surface area contributed by atoms with Crippen molar-refractivity contribution >= 4 is 5.65 Å². The number of rotatable bonds is 3. The van der Waals surface area contributed by atoms with E-state index in [-0.39, 0.29) is 0 Å². The molecule has 2 nitrogen and oxygen atoms in total. The molecule has 0 aromatic carbocycles. The zero-order valence-electron chi connectivity index (χ0n) is 11.7. The third-order valence-corrected chi connectivity index (χ3v) is 4.14. The molecule has 19 heavy (non-hydrogen) atoms. The first kappa shape index (κ1) is 12.5. The van der Waals surface area contributed by atoms with Gasteiger partial charge in [0.25, 0.3) is 0 Å². The van der Waals surface area contributed by atoms with Crippen LogP contribution in [0.1, 0.15) is 44.6 Å². The zero-order chi connectivity index (χ0) is 13.1. The predicted molar refractivity (Wildman–Crippen MR) is 79.2 cm³/mol. The van der Waals surface area contributed by atoms with Crippen molar-refractivity contribution in [1.29, 1.82) is 0 Å². The highest BCUT2D eigenvalue weighted by molar-refractivity contribution is 5.49. The minimum Gasteiger partial charge on any atom is -0.307 e. The number of nitrogens with zero attached hydrogens (tertiary/aromatic N) is 2. The Labute approximate surface area is 115 Å². The number of aromatic nitrogens is 2. The van der Waals surface area contributed by atoms with Crippen molar-refractivity contribution in [1.82, 2.24) is 9.38 Å². The van der Waals surface area contributed by atoms with E-state index in [9.17, 15) is 0 Å². The first-order valence-corrected chi connectivity index (χ1v) is 7.41. The second-order valence-electron chi connectivity index (χ2n) is 5.78. The molecule has 0 spiro atoms. The molecule has 100 valence electrons. The van der Waals surface area contributed by atoms with E-state index in [2.05, 4.69) is 40.7 Å². The number of hydrogen-bond donors (Lipinski definition) is 0. The van der Waals surface area contributed by atoms with Crippen molar-refractivity contribution in [3.63, 3.8) is 0 Å². The largest absolute Gasteiger partial charge is 0.307 e. The van der Waals surface area contributed by atoms with E-state index >= 15 is 0 Å². The Balaban J connectivity index is 1.76. The van der Waals surface area contributed by atoms with Gasteiger partial charge in [-0.15, -0.1) is 0 Å². The van der Waals surface area contributed by atoms with Crippen LogP contribution in [0.2, 0.25) is 0 Å². The van der Waals surface area contributed by atoms with Crippen molar-refractivity contribution in [2.45, 2.75) is 45.4 Å². The molecule has 2 aromatic heterocycles. The second-order valence-corrected chi connectivity index (χ2v) is 5.78. The molecule has 0 atom stereocenters. The minimum absolute atomic E-state index is 0.813. The Bertz CT molecular complexity index is 574. The molecule has 2 heteroatoms. The number of fused-ring (bicyclic) bond motifs is 1. The molecule has 0 saturated heterocycles. The summed E-state index contributed by atoms with van der Waals surface area (Å²) in [5, 5.41) is 0. The molecule has 0 radical (unpaired) electrons. The van der Waals surface area contributed by atoms with E-state index in [0.717, 1.165) is 18.0 Å². The highest BCUT2D eigenvalue weighted by Gasteiger charge is 2.11. The van der Waals surface area contributed by atoms with Crippen LogP contribution in [0.3, 0.4) is 0 Å². The summed E-state index contributed by atoms with van der Waals surface area (Å²) in [6.45, 7) is 2.26. The lowest BCUT2D eigenvalue weighted by Crippen LogP contribution is -2.04. The summed E-state index contributed by atoms with van der Waals surface area (Å²) in [4.78, 5) is 4.45. The topological polar surface area (TPSA) is 17.3 Å². The lowest BCUT2D eigenvalue weighted by Gasteiger charge is -2.19. The smallest absolute Gasteiger partial charge is 0.140 e. The number of pyridine rings is 1. The molecule has 1 aliphatic rings. The van der Waals surface area contributed by atoms with Crippen molar-refractivity contribution in [3.8, 4) is 0 Å². The summed E-state index contributed by atoms with van der Waals surface area (Å²) >= 11 is 0. The molecule has 1 fully saturated rings. The van der Waals surface area contributed by atoms with Gasteiger partial charge in [-0.3, -0.25) is 0 Å². The Morgan fingerprint density at radius 1 is 1.32 bits per heavy atom. The predicted octanol–water partition coefficient (Wildman–Crippen LogP) is 4.40. The normalized spacial score (nSPS) is 18.1. The van der Waals surface area contributed by atoms with Gasteiger partial charge in [-0.05, 0) is 43.7 Å². The van der Waals surface area contributed by atoms with E-state index in [1.54, 1.807) is 0 Å². The summed E-state index contributed by atoms with van der Waals surface area (Å²) < 4.78 is 2.10. The molecular formula is C17H22N2. The van der Waals surface area contributed by atoms with Crippen LogP contribution in [0.15, 0.2) is 42.4 Å². The van der Waals surface area contributed by atoms with E-state index in [0.29, 0.717) is 0 Å². The Morgan fingerprint density at radius 2 is 2.16 bits per heavy atom. The molecule has 0 aliphatic heterocycles. The molecule has 3 rings (SSSR count). The Morgan fingerprint density at radius 3 is 3.00 bits per heavy atom.